The predicted molar refractivity (Wildman–Crippen MR) is 125 cm³/mol. The van der Waals surface area contributed by atoms with E-state index in [-0.39, 0.29) is 20.9 Å². The van der Waals surface area contributed by atoms with Gasteiger partial charge in [-0.3, -0.25) is 14.4 Å². The number of nitrogens with zero attached hydrogens (tertiary/aromatic N) is 4. The fourth-order valence-electron chi connectivity index (χ4n) is 3.42. The smallest absolute Gasteiger partial charge is 0.293 e. The molecule has 33 heavy (non-hydrogen) atoms. The highest BCUT2D eigenvalue weighted by Crippen LogP contribution is 2.36. The second-order valence-corrected chi connectivity index (χ2v) is 12.7. The van der Waals surface area contributed by atoms with Gasteiger partial charge in [0.1, 0.15) is 0 Å². The van der Waals surface area contributed by atoms with E-state index in [1.54, 1.807) is 25.1 Å². The fraction of sp³-hybridized carbons (Fsp3) is 0.250. The van der Waals surface area contributed by atoms with Crippen LogP contribution in [0.15, 0.2) is 51.7 Å². The maximum Gasteiger partial charge on any atom is 0.293 e. The van der Waals surface area contributed by atoms with Crippen LogP contribution >= 0.6 is 11.3 Å². The Labute approximate surface area is 196 Å². The second kappa shape index (κ2) is 8.48. The first kappa shape index (κ1) is 23.3. The zero-order valence-electron chi connectivity index (χ0n) is 18.0. The van der Waals surface area contributed by atoms with Gasteiger partial charge in [-0.1, -0.05) is 29.5 Å². The number of anilines is 2. The van der Waals surface area contributed by atoms with Crippen LogP contribution in [0.2, 0.25) is 0 Å². The molecule has 0 bridgehead atoms. The molecule has 0 spiro atoms. The van der Waals surface area contributed by atoms with Gasteiger partial charge in [0.15, 0.2) is 0 Å². The summed E-state index contributed by atoms with van der Waals surface area (Å²) in [4.78, 5) is 12.6. The minimum Gasteiger partial charge on any atom is -0.296 e. The van der Waals surface area contributed by atoms with Crippen LogP contribution in [0, 0.1) is 6.92 Å². The van der Waals surface area contributed by atoms with E-state index in [0.717, 1.165) is 21.2 Å². The van der Waals surface area contributed by atoms with Crippen LogP contribution in [-0.2, 0) is 26.5 Å². The van der Waals surface area contributed by atoms with E-state index in [9.17, 15) is 21.6 Å². The van der Waals surface area contributed by atoms with Crippen LogP contribution in [-0.4, -0.2) is 57.9 Å². The fourth-order valence-corrected chi connectivity index (χ4v) is 6.87. The van der Waals surface area contributed by atoms with E-state index in [0.29, 0.717) is 23.2 Å². The Morgan fingerprint density at radius 3 is 2.52 bits per heavy atom. The third kappa shape index (κ3) is 4.24. The monoisotopic (exact) mass is 507 g/mol. The Morgan fingerprint density at radius 2 is 1.82 bits per heavy atom. The number of rotatable bonds is 6. The van der Waals surface area contributed by atoms with Crippen molar-refractivity contribution >= 4 is 48.1 Å². The lowest BCUT2D eigenvalue weighted by atomic mass is 10.1. The Morgan fingerprint density at radius 1 is 1.09 bits per heavy atom. The van der Waals surface area contributed by atoms with Crippen molar-refractivity contribution in [2.45, 2.75) is 22.6 Å². The Bertz CT molecular complexity index is 1450. The van der Waals surface area contributed by atoms with Crippen LogP contribution in [0.1, 0.15) is 21.5 Å². The highest BCUT2D eigenvalue weighted by Gasteiger charge is 2.35. The van der Waals surface area contributed by atoms with Crippen LogP contribution in [0.5, 0.6) is 0 Å². The summed E-state index contributed by atoms with van der Waals surface area (Å²) in [5.41, 5.74) is 2.23. The molecular formula is C20H21N5O5S3. The molecule has 0 saturated carbocycles. The maximum absolute atomic E-state index is 13.2. The van der Waals surface area contributed by atoms with E-state index >= 15 is 0 Å². The summed E-state index contributed by atoms with van der Waals surface area (Å²) in [7, 11) is -4.80. The normalized spacial score (nSPS) is 13.9. The van der Waals surface area contributed by atoms with Crippen molar-refractivity contribution in [2.75, 3.05) is 30.3 Å². The first-order chi connectivity index (χ1) is 15.5. The molecule has 1 aliphatic heterocycles. The SMILES string of the molecule is Cc1ccccc1C(=O)Nc1nnc(S(=O)(=O)N2CCc3cc(S(=O)(=O)N(C)C)ccc32)s1. The second-order valence-electron chi connectivity index (χ2n) is 7.55. The van der Waals surface area contributed by atoms with E-state index in [1.807, 2.05) is 6.07 Å². The average molecular weight is 508 g/mol. The van der Waals surface area contributed by atoms with Crippen molar-refractivity contribution < 1.29 is 21.6 Å². The molecule has 0 radical (unpaired) electrons. The summed E-state index contributed by atoms with van der Waals surface area (Å²) in [6.45, 7) is 1.94. The molecule has 0 aliphatic carbocycles. The summed E-state index contributed by atoms with van der Waals surface area (Å²) in [5, 5.41) is 10.2. The van der Waals surface area contributed by atoms with Crippen molar-refractivity contribution in [3.63, 3.8) is 0 Å². The lowest BCUT2D eigenvalue weighted by molar-refractivity contribution is 0.102. The van der Waals surface area contributed by atoms with Crippen molar-refractivity contribution in [3.8, 4) is 0 Å². The van der Waals surface area contributed by atoms with Gasteiger partial charge in [-0.05, 0) is 48.7 Å². The van der Waals surface area contributed by atoms with E-state index < -0.39 is 26.0 Å². The first-order valence-electron chi connectivity index (χ1n) is 9.80. The lowest BCUT2D eigenvalue weighted by Crippen LogP contribution is -2.29. The molecule has 2 heterocycles. The van der Waals surface area contributed by atoms with Crippen molar-refractivity contribution in [1.29, 1.82) is 0 Å². The molecule has 0 atom stereocenters. The maximum atomic E-state index is 13.2. The number of hydrogen-bond donors (Lipinski definition) is 1. The summed E-state index contributed by atoms with van der Waals surface area (Å²) >= 11 is 0.755. The summed E-state index contributed by atoms with van der Waals surface area (Å²) in [6, 6.07) is 11.4. The number of sulfonamides is 2. The lowest BCUT2D eigenvalue weighted by Gasteiger charge is -2.18. The van der Waals surface area contributed by atoms with Gasteiger partial charge in [0, 0.05) is 26.2 Å². The molecule has 13 heteroatoms. The molecule has 174 valence electrons. The van der Waals surface area contributed by atoms with Gasteiger partial charge in [0.25, 0.3) is 20.3 Å². The van der Waals surface area contributed by atoms with Gasteiger partial charge in [-0.25, -0.2) is 12.7 Å². The molecule has 3 aromatic rings. The van der Waals surface area contributed by atoms with Crippen LogP contribution < -0.4 is 9.62 Å². The van der Waals surface area contributed by atoms with Gasteiger partial charge in [-0.2, -0.15) is 8.42 Å². The number of carbonyl (C=O) groups excluding carboxylic acids is 1. The van der Waals surface area contributed by atoms with Gasteiger partial charge in [0.2, 0.25) is 15.2 Å². The zero-order valence-corrected chi connectivity index (χ0v) is 20.5. The van der Waals surface area contributed by atoms with Gasteiger partial charge >= 0.3 is 0 Å². The summed E-state index contributed by atoms with van der Waals surface area (Å²) in [6.07, 6.45) is 0.362. The number of benzene rings is 2. The minimum absolute atomic E-state index is 0.0636. The van der Waals surface area contributed by atoms with Gasteiger partial charge in [-0.15, -0.1) is 10.2 Å². The Kier molecular flexibility index (Phi) is 5.99. The number of fused-ring (bicyclic) bond motifs is 1. The molecule has 1 amide bonds. The first-order valence-corrected chi connectivity index (χ1v) is 13.5. The van der Waals surface area contributed by atoms with Crippen molar-refractivity contribution in [1.82, 2.24) is 14.5 Å². The Balaban J connectivity index is 1.58. The number of aromatic nitrogens is 2. The summed E-state index contributed by atoms with van der Waals surface area (Å²) in [5.74, 6) is -0.408. The standard InChI is InChI=1S/C20H21N5O5S3/c1-13-6-4-5-7-16(13)18(26)21-19-22-23-20(31-19)33(29,30)25-11-10-14-12-15(8-9-17(14)25)32(27,28)24(2)3/h4-9,12H,10-11H2,1-3H3,(H,21,22,26). The van der Waals surface area contributed by atoms with Crippen molar-refractivity contribution in [2.24, 2.45) is 0 Å². The Hall–Kier alpha value is -2.87. The molecular weight excluding hydrogens is 486 g/mol. The minimum atomic E-state index is -4.04. The molecule has 4 rings (SSSR count). The highest BCUT2D eigenvalue weighted by molar-refractivity contribution is 7.94. The molecule has 0 fully saturated rings. The van der Waals surface area contributed by atoms with Crippen LogP contribution in [0.25, 0.3) is 0 Å². The number of amides is 1. The number of aryl methyl sites for hydroxylation is 1. The van der Waals surface area contributed by atoms with E-state index in [2.05, 4.69) is 15.5 Å². The summed E-state index contributed by atoms with van der Waals surface area (Å²) < 4.78 is 53.2. The van der Waals surface area contributed by atoms with Crippen LogP contribution in [0.3, 0.4) is 0 Å². The number of nitrogens with one attached hydrogen (secondary N) is 1. The van der Waals surface area contributed by atoms with Crippen molar-refractivity contribution in [3.05, 3.63) is 59.2 Å². The van der Waals surface area contributed by atoms with Gasteiger partial charge < -0.3 is 0 Å². The molecule has 1 N–H and O–H groups in total. The molecule has 1 aliphatic rings. The molecule has 10 nitrogen and oxygen atoms in total. The van der Waals surface area contributed by atoms with Gasteiger partial charge in [0.05, 0.1) is 10.6 Å². The third-order valence-corrected chi connectivity index (χ3v) is 10.0. The molecule has 2 aromatic carbocycles. The number of carbonyl (C=O) groups is 1. The molecule has 0 unspecified atom stereocenters. The third-order valence-electron chi connectivity index (χ3n) is 5.21. The average Bonchev–Trinajstić information content (AvgIpc) is 3.41. The molecule has 1 aromatic heterocycles. The largest absolute Gasteiger partial charge is 0.296 e. The molecule has 0 saturated heterocycles. The zero-order chi connectivity index (χ0) is 24.0. The highest BCUT2D eigenvalue weighted by atomic mass is 32.2. The van der Waals surface area contributed by atoms with E-state index in [1.165, 1.54) is 36.6 Å². The van der Waals surface area contributed by atoms with E-state index in [4.69, 9.17) is 0 Å². The number of hydrogen-bond acceptors (Lipinski definition) is 8. The topological polar surface area (TPSA) is 130 Å². The predicted octanol–water partition coefficient (Wildman–Crippen LogP) is 2.10. The quantitative estimate of drug-likeness (QED) is 0.506. The van der Waals surface area contributed by atoms with Crippen LogP contribution in [0.4, 0.5) is 10.8 Å².